The molecule has 0 saturated heterocycles. The molecular formula is C14H18N2O2S2. The SMILES string of the molecule is CCCNS(=O)(=O)c1ccccc1NCc1cccs1. The fraction of sp³-hybridized carbons (Fsp3) is 0.286. The predicted molar refractivity (Wildman–Crippen MR) is 83.6 cm³/mol. The molecular weight excluding hydrogens is 292 g/mol. The number of hydrogen-bond donors (Lipinski definition) is 2. The minimum atomic E-state index is -3.45. The van der Waals surface area contributed by atoms with Crippen LogP contribution in [0.15, 0.2) is 46.7 Å². The van der Waals surface area contributed by atoms with Crippen LogP contribution in [0.1, 0.15) is 18.2 Å². The summed E-state index contributed by atoms with van der Waals surface area (Å²) in [6.07, 6.45) is 0.768. The highest BCUT2D eigenvalue weighted by Gasteiger charge is 2.17. The molecule has 20 heavy (non-hydrogen) atoms. The van der Waals surface area contributed by atoms with Gasteiger partial charge in [-0.3, -0.25) is 0 Å². The Kier molecular flexibility index (Phi) is 5.17. The second kappa shape index (κ2) is 6.88. The van der Waals surface area contributed by atoms with Gasteiger partial charge in [0.1, 0.15) is 4.90 Å². The normalized spacial score (nSPS) is 11.4. The number of sulfonamides is 1. The average molecular weight is 310 g/mol. The zero-order valence-electron chi connectivity index (χ0n) is 11.3. The molecule has 1 aromatic carbocycles. The number of nitrogens with one attached hydrogen (secondary N) is 2. The fourth-order valence-electron chi connectivity index (χ4n) is 1.76. The molecule has 2 rings (SSSR count). The summed E-state index contributed by atoms with van der Waals surface area (Å²) in [4.78, 5) is 1.46. The molecule has 0 aliphatic heterocycles. The lowest BCUT2D eigenvalue weighted by Crippen LogP contribution is -2.25. The van der Waals surface area contributed by atoms with Crippen molar-refractivity contribution < 1.29 is 8.42 Å². The Morgan fingerprint density at radius 1 is 1.15 bits per heavy atom. The number of rotatable bonds is 7. The van der Waals surface area contributed by atoms with Gasteiger partial charge in [-0.25, -0.2) is 13.1 Å². The minimum absolute atomic E-state index is 0.296. The van der Waals surface area contributed by atoms with Crippen LogP contribution in [0.3, 0.4) is 0 Å². The number of hydrogen-bond acceptors (Lipinski definition) is 4. The summed E-state index contributed by atoms with van der Waals surface area (Å²) in [5, 5.41) is 5.19. The van der Waals surface area contributed by atoms with Crippen LogP contribution >= 0.6 is 11.3 Å². The zero-order chi connectivity index (χ0) is 14.4. The van der Waals surface area contributed by atoms with Gasteiger partial charge in [0.15, 0.2) is 0 Å². The summed E-state index contributed by atoms with van der Waals surface area (Å²) in [5.41, 5.74) is 0.629. The first-order valence-corrected chi connectivity index (χ1v) is 8.84. The second-order valence-corrected chi connectivity index (χ2v) is 7.09. The van der Waals surface area contributed by atoms with Crippen molar-refractivity contribution in [3.8, 4) is 0 Å². The summed E-state index contributed by atoms with van der Waals surface area (Å²) in [6, 6.07) is 11.0. The Balaban J connectivity index is 2.17. The standard InChI is InChI=1S/C14H18N2O2S2/c1-2-9-16-20(17,18)14-8-4-3-7-13(14)15-11-12-6-5-10-19-12/h3-8,10,15-16H,2,9,11H2,1H3. The molecule has 6 heteroatoms. The van der Waals surface area contributed by atoms with Crippen molar-refractivity contribution in [2.45, 2.75) is 24.8 Å². The van der Waals surface area contributed by atoms with Crippen LogP contribution in [0.25, 0.3) is 0 Å². The first-order valence-electron chi connectivity index (χ1n) is 6.48. The van der Waals surface area contributed by atoms with E-state index in [-0.39, 0.29) is 0 Å². The van der Waals surface area contributed by atoms with Crippen molar-refractivity contribution >= 4 is 27.0 Å². The van der Waals surface area contributed by atoms with E-state index in [1.807, 2.05) is 30.5 Å². The number of para-hydroxylation sites is 1. The molecule has 0 saturated carbocycles. The third kappa shape index (κ3) is 3.82. The molecule has 0 fully saturated rings. The largest absolute Gasteiger partial charge is 0.379 e. The Morgan fingerprint density at radius 2 is 1.95 bits per heavy atom. The molecule has 2 N–H and O–H groups in total. The number of thiophene rings is 1. The molecule has 0 spiro atoms. The Morgan fingerprint density at radius 3 is 2.65 bits per heavy atom. The molecule has 2 aromatic rings. The Labute approximate surface area is 123 Å². The number of benzene rings is 1. The van der Waals surface area contributed by atoms with Gasteiger partial charge in [-0.1, -0.05) is 25.1 Å². The fourth-order valence-corrected chi connectivity index (χ4v) is 3.72. The highest BCUT2D eigenvalue weighted by atomic mass is 32.2. The predicted octanol–water partition coefficient (Wildman–Crippen LogP) is 3.05. The van der Waals surface area contributed by atoms with Gasteiger partial charge in [0.2, 0.25) is 10.0 Å². The zero-order valence-corrected chi connectivity index (χ0v) is 12.9. The van der Waals surface area contributed by atoms with E-state index in [2.05, 4.69) is 10.0 Å². The number of anilines is 1. The van der Waals surface area contributed by atoms with E-state index in [1.54, 1.807) is 29.5 Å². The molecule has 0 bridgehead atoms. The van der Waals surface area contributed by atoms with Crippen molar-refractivity contribution in [2.75, 3.05) is 11.9 Å². The molecule has 4 nitrogen and oxygen atoms in total. The summed E-state index contributed by atoms with van der Waals surface area (Å²) < 4.78 is 27.0. The van der Waals surface area contributed by atoms with Crippen molar-refractivity contribution in [1.82, 2.24) is 4.72 Å². The van der Waals surface area contributed by atoms with E-state index in [4.69, 9.17) is 0 Å². The van der Waals surface area contributed by atoms with E-state index < -0.39 is 10.0 Å². The van der Waals surface area contributed by atoms with Gasteiger partial charge >= 0.3 is 0 Å². The quantitative estimate of drug-likeness (QED) is 0.826. The van der Waals surface area contributed by atoms with Gasteiger partial charge in [0.05, 0.1) is 5.69 Å². The van der Waals surface area contributed by atoms with E-state index >= 15 is 0 Å². The summed E-state index contributed by atoms with van der Waals surface area (Å²) in [5.74, 6) is 0. The van der Waals surface area contributed by atoms with Gasteiger partial charge in [-0.2, -0.15) is 0 Å². The molecule has 0 atom stereocenters. The smallest absolute Gasteiger partial charge is 0.242 e. The molecule has 0 aliphatic carbocycles. The maximum absolute atomic E-state index is 12.2. The molecule has 0 amide bonds. The topological polar surface area (TPSA) is 58.2 Å². The van der Waals surface area contributed by atoms with Crippen molar-refractivity contribution in [3.05, 3.63) is 46.7 Å². The van der Waals surface area contributed by atoms with Crippen LogP contribution in [0.4, 0.5) is 5.69 Å². The van der Waals surface area contributed by atoms with E-state index in [1.165, 1.54) is 4.88 Å². The molecule has 1 heterocycles. The van der Waals surface area contributed by atoms with E-state index in [9.17, 15) is 8.42 Å². The van der Waals surface area contributed by atoms with Crippen LogP contribution in [0.2, 0.25) is 0 Å². The summed E-state index contributed by atoms with van der Waals surface area (Å²) in [7, 11) is -3.45. The van der Waals surface area contributed by atoms with Crippen LogP contribution in [0, 0.1) is 0 Å². The lowest BCUT2D eigenvalue weighted by molar-refractivity contribution is 0.581. The maximum atomic E-state index is 12.2. The van der Waals surface area contributed by atoms with Crippen LogP contribution in [-0.2, 0) is 16.6 Å². The van der Waals surface area contributed by atoms with Crippen LogP contribution in [0.5, 0.6) is 0 Å². The highest BCUT2D eigenvalue weighted by Crippen LogP contribution is 2.22. The molecule has 0 unspecified atom stereocenters. The third-order valence-corrected chi connectivity index (χ3v) is 5.15. The van der Waals surface area contributed by atoms with Gasteiger partial charge in [-0.05, 0) is 30.0 Å². The van der Waals surface area contributed by atoms with Gasteiger partial charge in [-0.15, -0.1) is 11.3 Å². The van der Waals surface area contributed by atoms with E-state index in [0.717, 1.165) is 6.42 Å². The summed E-state index contributed by atoms with van der Waals surface area (Å²) in [6.45, 7) is 3.00. The van der Waals surface area contributed by atoms with Crippen molar-refractivity contribution in [1.29, 1.82) is 0 Å². The van der Waals surface area contributed by atoms with Gasteiger partial charge in [0, 0.05) is 18.0 Å². The molecule has 108 valence electrons. The minimum Gasteiger partial charge on any atom is -0.379 e. The second-order valence-electron chi connectivity index (χ2n) is 4.33. The average Bonchev–Trinajstić information content (AvgIpc) is 2.96. The van der Waals surface area contributed by atoms with Crippen molar-refractivity contribution in [3.63, 3.8) is 0 Å². The monoisotopic (exact) mass is 310 g/mol. The maximum Gasteiger partial charge on any atom is 0.242 e. The molecule has 1 aromatic heterocycles. The van der Waals surface area contributed by atoms with Gasteiger partial charge in [0.25, 0.3) is 0 Å². The van der Waals surface area contributed by atoms with E-state index in [0.29, 0.717) is 23.7 Å². The third-order valence-electron chi connectivity index (χ3n) is 2.75. The molecule has 0 aliphatic rings. The Bertz CT molecular complexity index is 637. The summed E-state index contributed by atoms with van der Waals surface area (Å²) >= 11 is 1.64. The van der Waals surface area contributed by atoms with Gasteiger partial charge < -0.3 is 5.32 Å². The lowest BCUT2D eigenvalue weighted by Gasteiger charge is -2.12. The lowest BCUT2D eigenvalue weighted by atomic mass is 10.3. The molecule has 0 radical (unpaired) electrons. The first-order chi connectivity index (χ1) is 9.63. The highest BCUT2D eigenvalue weighted by molar-refractivity contribution is 7.89. The van der Waals surface area contributed by atoms with Crippen LogP contribution in [-0.4, -0.2) is 15.0 Å². The Hall–Kier alpha value is -1.37. The first kappa shape index (κ1) is 15.0. The van der Waals surface area contributed by atoms with Crippen molar-refractivity contribution in [2.24, 2.45) is 0 Å². The van der Waals surface area contributed by atoms with Crippen LogP contribution < -0.4 is 10.0 Å².